The van der Waals surface area contributed by atoms with Gasteiger partial charge < -0.3 is 9.47 Å². The summed E-state index contributed by atoms with van der Waals surface area (Å²) in [5, 5.41) is 0. The van der Waals surface area contributed by atoms with E-state index in [1.54, 1.807) is 0 Å². The minimum atomic E-state index is -0.680. The van der Waals surface area contributed by atoms with Crippen molar-refractivity contribution in [3.63, 3.8) is 0 Å². The molecule has 2 aromatic rings. The van der Waals surface area contributed by atoms with E-state index < -0.39 is 12.1 Å². The standard InChI is InChI=1S/C23H27BrN2O4/c1-23(2,3)30-19-14-20(21(27)26(24)18-12-8-5-9-13-18)25(15-19)22(28)29-16-17-10-6-4-7-11-17/h4-13,19-20H,14-16H2,1-3H3/t19-,20+/m1/s1. The molecule has 0 aliphatic carbocycles. The Labute approximate surface area is 186 Å². The van der Waals surface area contributed by atoms with Gasteiger partial charge in [0.05, 0.1) is 40.1 Å². The first kappa shape index (κ1) is 22.3. The van der Waals surface area contributed by atoms with Gasteiger partial charge in [-0.2, -0.15) is 0 Å². The Bertz CT molecular complexity index is 855. The number of amides is 2. The summed E-state index contributed by atoms with van der Waals surface area (Å²) >= 11 is 3.36. The molecule has 0 unspecified atom stereocenters. The van der Waals surface area contributed by atoms with Gasteiger partial charge in [-0.05, 0) is 38.5 Å². The van der Waals surface area contributed by atoms with Gasteiger partial charge in [0, 0.05) is 6.42 Å². The number of carbonyl (C=O) groups excluding carboxylic acids is 2. The predicted octanol–water partition coefficient (Wildman–Crippen LogP) is 4.92. The molecule has 3 rings (SSSR count). The van der Waals surface area contributed by atoms with Crippen LogP contribution in [0.2, 0.25) is 0 Å². The van der Waals surface area contributed by atoms with Gasteiger partial charge in [-0.1, -0.05) is 48.5 Å². The average Bonchev–Trinajstić information content (AvgIpc) is 3.14. The Morgan fingerprint density at radius 2 is 1.67 bits per heavy atom. The van der Waals surface area contributed by atoms with Gasteiger partial charge in [0.1, 0.15) is 12.6 Å². The van der Waals surface area contributed by atoms with Crippen LogP contribution in [-0.4, -0.2) is 41.2 Å². The highest BCUT2D eigenvalue weighted by Crippen LogP contribution is 2.29. The fraction of sp³-hybridized carbons (Fsp3) is 0.391. The minimum Gasteiger partial charge on any atom is -0.445 e. The maximum atomic E-state index is 13.2. The normalized spacial score (nSPS) is 18.9. The third-order valence-electron chi connectivity index (χ3n) is 4.68. The fourth-order valence-corrected chi connectivity index (χ4v) is 3.91. The molecule has 0 spiro atoms. The van der Waals surface area contributed by atoms with Crippen LogP contribution in [0.3, 0.4) is 0 Å². The van der Waals surface area contributed by atoms with Crippen LogP contribution in [0.5, 0.6) is 0 Å². The lowest BCUT2D eigenvalue weighted by molar-refractivity contribution is -0.121. The Balaban J connectivity index is 1.74. The van der Waals surface area contributed by atoms with E-state index in [-0.39, 0.29) is 24.2 Å². The lowest BCUT2D eigenvalue weighted by Crippen LogP contribution is -2.45. The maximum Gasteiger partial charge on any atom is 0.410 e. The van der Waals surface area contributed by atoms with Crippen molar-refractivity contribution in [1.82, 2.24) is 4.90 Å². The Morgan fingerprint density at radius 1 is 1.07 bits per heavy atom. The molecule has 6 nitrogen and oxygen atoms in total. The van der Waals surface area contributed by atoms with E-state index in [2.05, 4.69) is 16.1 Å². The second-order valence-corrected chi connectivity index (χ2v) is 8.96. The van der Waals surface area contributed by atoms with Crippen molar-refractivity contribution in [2.24, 2.45) is 0 Å². The zero-order valence-electron chi connectivity index (χ0n) is 17.5. The van der Waals surface area contributed by atoms with Crippen molar-refractivity contribution >= 4 is 33.8 Å². The second-order valence-electron chi connectivity index (χ2n) is 8.25. The SMILES string of the molecule is CC(C)(C)O[C@@H]1C[C@@H](C(=O)N(Br)c2ccccc2)N(C(=O)OCc2ccccc2)C1. The number of hydrogen-bond donors (Lipinski definition) is 0. The molecule has 1 aliphatic heterocycles. The van der Waals surface area contributed by atoms with Crippen LogP contribution in [0.25, 0.3) is 0 Å². The van der Waals surface area contributed by atoms with Crippen LogP contribution in [0, 0.1) is 0 Å². The molecule has 1 fully saturated rings. The van der Waals surface area contributed by atoms with Gasteiger partial charge in [-0.15, -0.1) is 0 Å². The molecule has 1 saturated heterocycles. The fourth-order valence-electron chi connectivity index (χ4n) is 3.44. The first-order valence-corrected chi connectivity index (χ1v) is 10.7. The van der Waals surface area contributed by atoms with Gasteiger partial charge >= 0.3 is 6.09 Å². The molecule has 160 valence electrons. The van der Waals surface area contributed by atoms with E-state index in [0.29, 0.717) is 18.7 Å². The molecule has 0 radical (unpaired) electrons. The number of benzene rings is 2. The monoisotopic (exact) mass is 474 g/mol. The van der Waals surface area contributed by atoms with Crippen molar-refractivity contribution in [2.45, 2.75) is 51.5 Å². The summed E-state index contributed by atoms with van der Waals surface area (Å²) in [6, 6.07) is 18.0. The second kappa shape index (κ2) is 9.62. The van der Waals surface area contributed by atoms with Gasteiger partial charge in [-0.3, -0.25) is 9.69 Å². The van der Waals surface area contributed by atoms with Gasteiger partial charge in [0.2, 0.25) is 0 Å². The van der Waals surface area contributed by atoms with Crippen LogP contribution < -0.4 is 3.93 Å². The zero-order valence-corrected chi connectivity index (χ0v) is 19.0. The highest BCUT2D eigenvalue weighted by molar-refractivity contribution is 9.10. The largest absolute Gasteiger partial charge is 0.445 e. The number of anilines is 1. The Hall–Kier alpha value is -2.38. The number of likely N-dealkylation sites (tertiary alicyclic amines) is 1. The molecule has 2 amide bonds. The first-order valence-electron chi connectivity index (χ1n) is 9.94. The first-order chi connectivity index (χ1) is 14.2. The van der Waals surface area contributed by atoms with Gasteiger partial charge in [0.15, 0.2) is 0 Å². The summed E-state index contributed by atoms with van der Waals surface area (Å²) in [6.45, 7) is 6.33. The highest BCUT2D eigenvalue weighted by Gasteiger charge is 2.43. The molecule has 0 bridgehead atoms. The molecular weight excluding hydrogens is 448 g/mol. The number of rotatable bonds is 5. The molecular formula is C23H27BrN2O4. The molecule has 0 N–H and O–H groups in total. The van der Waals surface area contributed by atoms with Crippen molar-refractivity contribution < 1.29 is 19.1 Å². The van der Waals surface area contributed by atoms with Crippen molar-refractivity contribution in [1.29, 1.82) is 0 Å². The summed E-state index contributed by atoms with van der Waals surface area (Å²) in [6.07, 6.45) is -0.364. The van der Waals surface area contributed by atoms with Crippen LogP contribution in [-0.2, 0) is 20.9 Å². The lowest BCUT2D eigenvalue weighted by Gasteiger charge is -2.26. The average molecular weight is 475 g/mol. The summed E-state index contributed by atoms with van der Waals surface area (Å²) in [4.78, 5) is 27.6. The summed E-state index contributed by atoms with van der Waals surface area (Å²) in [5.41, 5.74) is 1.21. The topological polar surface area (TPSA) is 59.1 Å². The summed E-state index contributed by atoms with van der Waals surface area (Å²) in [7, 11) is 0. The van der Waals surface area contributed by atoms with Crippen LogP contribution >= 0.6 is 16.1 Å². The molecule has 30 heavy (non-hydrogen) atoms. The van der Waals surface area contributed by atoms with Crippen molar-refractivity contribution in [3.8, 4) is 0 Å². The molecule has 1 aliphatic rings. The Kier molecular flexibility index (Phi) is 7.15. The van der Waals surface area contributed by atoms with E-state index in [1.807, 2.05) is 81.4 Å². The minimum absolute atomic E-state index is 0.151. The number of carbonyl (C=O) groups is 2. The van der Waals surface area contributed by atoms with E-state index in [4.69, 9.17) is 9.47 Å². The van der Waals surface area contributed by atoms with Crippen LogP contribution in [0.1, 0.15) is 32.8 Å². The molecule has 7 heteroatoms. The highest BCUT2D eigenvalue weighted by atomic mass is 79.9. The maximum absolute atomic E-state index is 13.2. The number of hydrogen-bond acceptors (Lipinski definition) is 4. The summed E-state index contributed by atoms with van der Waals surface area (Å²) in [5.74, 6) is -0.238. The molecule has 0 aromatic heterocycles. The third kappa shape index (κ3) is 5.83. The molecule has 2 atom stereocenters. The van der Waals surface area contributed by atoms with E-state index >= 15 is 0 Å². The van der Waals surface area contributed by atoms with Crippen LogP contribution in [0.15, 0.2) is 60.7 Å². The van der Waals surface area contributed by atoms with E-state index in [0.717, 1.165) is 5.56 Å². The quantitative estimate of drug-likeness (QED) is 0.576. The van der Waals surface area contributed by atoms with Crippen molar-refractivity contribution in [3.05, 3.63) is 66.2 Å². The Morgan fingerprint density at radius 3 is 2.27 bits per heavy atom. The van der Waals surface area contributed by atoms with Gasteiger partial charge in [-0.25, -0.2) is 8.72 Å². The smallest absolute Gasteiger partial charge is 0.410 e. The molecule has 2 aromatic carbocycles. The third-order valence-corrected chi connectivity index (χ3v) is 5.44. The summed E-state index contributed by atoms with van der Waals surface area (Å²) < 4.78 is 13.0. The number of nitrogens with zero attached hydrogens (tertiary/aromatic N) is 2. The number of halogens is 1. The number of ether oxygens (including phenoxy) is 2. The predicted molar refractivity (Wildman–Crippen MR) is 119 cm³/mol. The van der Waals surface area contributed by atoms with Crippen molar-refractivity contribution in [2.75, 3.05) is 10.5 Å². The number of para-hydroxylation sites is 1. The molecule has 0 saturated carbocycles. The van der Waals surface area contributed by atoms with E-state index in [1.165, 1.54) is 8.83 Å². The van der Waals surface area contributed by atoms with Gasteiger partial charge in [0.25, 0.3) is 5.91 Å². The molecule has 1 heterocycles. The van der Waals surface area contributed by atoms with Crippen LogP contribution in [0.4, 0.5) is 10.5 Å². The lowest BCUT2D eigenvalue weighted by atomic mass is 10.1. The van der Waals surface area contributed by atoms with E-state index in [9.17, 15) is 9.59 Å². The zero-order chi connectivity index (χ0) is 21.7.